The van der Waals surface area contributed by atoms with Crippen LogP contribution in [0.25, 0.3) is 10.4 Å². The van der Waals surface area contributed by atoms with E-state index in [-0.39, 0.29) is 4.67 Å². The number of aryl methyl sites for hydroxylation is 1. The monoisotopic (exact) mass is 273 g/mol. The number of nitrogens with one attached hydrogen (secondary N) is 1. The maximum Gasteiger partial charge on any atom is 0.341 e. The molecule has 98 valence electrons. The number of rotatable bonds is 3. The molecule has 0 saturated carbocycles. The van der Waals surface area contributed by atoms with Crippen molar-refractivity contribution in [2.45, 2.75) is 13.8 Å². The lowest BCUT2D eigenvalue weighted by Gasteiger charge is -2.04. The second-order valence-electron chi connectivity index (χ2n) is 4.13. The Hall–Kier alpha value is -1.94. The first-order chi connectivity index (χ1) is 9.11. The highest BCUT2D eigenvalue weighted by molar-refractivity contribution is 7.12. The van der Waals surface area contributed by atoms with Gasteiger partial charge in [-0.3, -0.25) is 5.41 Å². The van der Waals surface area contributed by atoms with E-state index < -0.39 is 5.97 Å². The van der Waals surface area contributed by atoms with Crippen LogP contribution in [0.15, 0.2) is 36.4 Å². The van der Waals surface area contributed by atoms with Gasteiger partial charge in [0, 0.05) is 4.88 Å². The smallest absolute Gasteiger partial charge is 0.341 e. The van der Waals surface area contributed by atoms with Gasteiger partial charge in [0.2, 0.25) is 0 Å². The first-order valence-corrected chi connectivity index (χ1v) is 6.86. The van der Waals surface area contributed by atoms with Gasteiger partial charge in [-0.25, -0.2) is 4.79 Å². The van der Waals surface area contributed by atoms with E-state index in [4.69, 9.17) is 10.1 Å². The van der Waals surface area contributed by atoms with Gasteiger partial charge in [0.05, 0.1) is 12.2 Å². The van der Waals surface area contributed by atoms with Gasteiger partial charge in [0.25, 0.3) is 0 Å². The lowest BCUT2D eigenvalue weighted by Crippen LogP contribution is -2.14. The zero-order valence-electron chi connectivity index (χ0n) is 10.9. The van der Waals surface area contributed by atoms with Crippen molar-refractivity contribution in [1.29, 1.82) is 5.41 Å². The maximum absolute atomic E-state index is 11.6. The van der Waals surface area contributed by atoms with Crippen molar-refractivity contribution in [1.82, 2.24) is 0 Å². The van der Waals surface area contributed by atoms with Gasteiger partial charge in [-0.1, -0.05) is 29.8 Å². The predicted molar refractivity (Wildman–Crippen MR) is 76.3 cm³/mol. The summed E-state index contributed by atoms with van der Waals surface area (Å²) in [4.78, 5) is 12.6. The van der Waals surface area contributed by atoms with Crippen LogP contribution in [-0.4, -0.2) is 12.6 Å². The molecule has 0 saturated heterocycles. The summed E-state index contributed by atoms with van der Waals surface area (Å²) in [5.41, 5.74) is 2.57. The Labute approximate surface area is 116 Å². The number of carbonyl (C=O) groups is 1. The molecule has 3 nitrogen and oxygen atoms in total. The lowest BCUT2D eigenvalue weighted by molar-refractivity contribution is 0.0525. The predicted octanol–water partition coefficient (Wildman–Crippen LogP) is 3.38. The summed E-state index contributed by atoms with van der Waals surface area (Å²) in [5.74, 6) is -0.431. The molecule has 0 unspecified atom stereocenters. The van der Waals surface area contributed by atoms with Crippen LogP contribution in [0.5, 0.6) is 0 Å². The Morgan fingerprint density at radius 3 is 2.47 bits per heavy atom. The third-order valence-corrected chi connectivity index (χ3v) is 3.71. The second kappa shape index (κ2) is 5.80. The Balaban J connectivity index is 2.36. The third kappa shape index (κ3) is 3.09. The highest BCUT2D eigenvalue weighted by Gasteiger charge is 2.10. The molecular formula is C15H15NO2S. The van der Waals surface area contributed by atoms with E-state index in [9.17, 15) is 4.79 Å². The molecule has 2 aromatic rings. The topological polar surface area (TPSA) is 50.2 Å². The molecule has 1 N–H and O–H groups in total. The van der Waals surface area contributed by atoms with Gasteiger partial charge >= 0.3 is 5.97 Å². The Kier molecular flexibility index (Phi) is 4.12. The molecule has 4 heteroatoms. The van der Waals surface area contributed by atoms with Gasteiger partial charge < -0.3 is 4.74 Å². The van der Waals surface area contributed by atoms with Crippen molar-refractivity contribution in [2.24, 2.45) is 0 Å². The number of hydrogen-bond acceptors (Lipinski definition) is 4. The van der Waals surface area contributed by atoms with E-state index in [1.165, 1.54) is 16.9 Å². The van der Waals surface area contributed by atoms with Crippen LogP contribution < -0.4 is 4.67 Å². The number of hydrogen-bond donors (Lipinski definition) is 1. The van der Waals surface area contributed by atoms with E-state index >= 15 is 0 Å². The summed E-state index contributed by atoms with van der Waals surface area (Å²) >= 11 is 1.28. The van der Waals surface area contributed by atoms with Crippen LogP contribution in [0.2, 0.25) is 0 Å². The molecule has 0 bridgehead atoms. The quantitative estimate of drug-likeness (QED) is 0.872. The van der Waals surface area contributed by atoms with E-state index in [0.29, 0.717) is 12.2 Å². The Morgan fingerprint density at radius 2 is 1.89 bits per heavy atom. The van der Waals surface area contributed by atoms with Crippen molar-refractivity contribution in [3.8, 4) is 10.4 Å². The van der Waals surface area contributed by atoms with Crippen LogP contribution in [-0.2, 0) is 4.74 Å². The molecule has 0 spiro atoms. The minimum Gasteiger partial charge on any atom is -0.462 e. The zero-order chi connectivity index (χ0) is 13.8. The van der Waals surface area contributed by atoms with Gasteiger partial charge in [-0.05, 0) is 31.5 Å². The molecule has 1 aromatic carbocycles. The first kappa shape index (κ1) is 13.5. The summed E-state index contributed by atoms with van der Waals surface area (Å²) in [5, 5.41) is 7.93. The van der Waals surface area contributed by atoms with Crippen LogP contribution in [0.3, 0.4) is 0 Å². The zero-order valence-corrected chi connectivity index (χ0v) is 11.7. The van der Waals surface area contributed by atoms with Gasteiger partial charge in [0.15, 0.2) is 0 Å². The van der Waals surface area contributed by atoms with Crippen molar-refractivity contribution < 1.29 is 9.53 Å². The minimum atomic E-state index is -0.431. The van der Waals surface area contributed by atoms with Crippen molar-refractivity contribution >= 4 is 17.3 Å². The lowest BCUT2D eigenvalue weighted by atomic mass is 10.1. The highest BCUT2D eigenvalue weighted by Crippen LogP contribution is 2.22. The highest BCUT2D eigenvalue weighted by atomic mass is 32.1. The van der Waals surface area contributed by atoms with E-state index in [1.807, 2.05) is 37.3 Å². The van der Waals surface area contributed by atoms with E-state index in [1.54, 1.807) is 13.0 Å². The molecule has 0 amide bonds. The average molecular weight is 273 g/mol. The summed E-state index contributed by atoms with van der Waals surface area (Å²) < 4.78 is 5.15. The molecule has 0 atom stereocenters. The fraction of sp³-hybridized carbons (Fsp3) is 0.200. The second-order valence-corrected chi connectivity index (χ2v) is 5.18. The molecule has 0 aliphatic rings. The summed E-state index contributed by atoms with van der Waals surface area (Å²) in [6.45, 7) is 4.11. The van der Waals surface area contributed by atoms with E-state index in [2.05, 4.69) is 0 Å². The molecule has 0 radical (unpaired) electrons. The number of ether oxygens (including phenoxy) is 1. The van der Waals surface area contributed by atoms with E-state index in [0.717, 1.165) is 10.4 Å². The first-order valence-electron chi connectivity index (χ1n) is 6.04. The SMILES string of the molecule is CCOC(=O)c1ccc(-c2ccc(C)cc2)sc1=N. The van der Waals surface area contributed by atoms with Crippen molar-refractivity contribution in [2.75, 3.05) is 6.61 Å². The molecule has 1 aromatic heterocycles. The summed E-state index contributed by atoms with van der Waals surface area (Å²) in [6, 6.07) is 11.6. The normalized spacial score (nSPS) is 10.2. The van der Waals surface area contributed by atoms with Gasteiger partial charge in [-0.2, -0.15) is 0 Å². The molecule has 1 heterocycles. The summed E-state index contributed by atoms with van der Waals surface area (Å²) in [6.07, 6.45) is 0. The molecule has 19 heavy (non-hydrogen) atoms. The molecule has 0 aliphatic heterocycles. The third-order valence-electron chi connectivity index (χ3n) is 2.69. The fourth-order valence-electron chi connectivity index (χ4n) is 1.68. The van der Waals surface area contributed by atoms with Gasteiger partial charge in [0.1, 0.15) is 4.67 Å². The van der Waals surface area contributed by atoms with Crippen LogP contribution >= 0.6 is 11.3 Å². The maximum atomic E-state index is 11.6. The van der Waals surface area contributed by atoms with Crippen LogP contribution in [0, 0.1) is 12.3 Å². The molecule has 2 rings (SSSR count). The van der Waals surface area contributed by atoms with Crippen LogP contribution in [0.4, 0.5) is 0 Å². The number of carbonyl (C=O) groups excluding carboxylic acids is 1. The van der Waals surface area contributed by atoms with Crippen molar-refractivity contribution in [3.05, 3.63) is 52.2 Å². The Morgan fingerprint density at radius 1 is 1.21 bits per heavy atom. The minimum absolute atomic E-state index is 0.233. The standard InChI is InChI=1S/C15H15NO2S/c1-3-18-15(17)12-8-9-13(19-14(12)16)11-6-4-10(2)5-7-11/h4-9,16H,3H2,1-2H3. The van der Waals surface area contributed by atoms with Gasteiger partial charge in [-0.15, -0.1) is 11.3 Å². The Bertz CT molecular complexity index is 644. The van der Waals surface area contributed by atoms with Crippen molar-refractivity contribution in [3.63, 3.8) is 0 Å². The fourth-order valence-corrected chi connectivity index (χ4v) is 2.55. The molecule has 0 fully saturated rings. The number of esters is 1. The average Bonchev–Trinajstić information content (AvgIpc) is 2.39. The summed E-state index contributed by atoms with van der Waals surface area (Å²) in [7, 11) is 0. The molecular weight excluding hydrogens is 258 g/mol. The molecule has 0 aliphatic carbocycles. The number of benzene rings is 1. The van der Waals surface area contributed by atoms with Crippen LogP contribution in [0.1, 0.15) is 22.8 Å². The largest absolute Gasteiger partial charge is 0.462 e.